The summed E-state index contributed by atoms with van der Waals surface area (Å²) in [6, 6.07) is 65.3. The molecule has 0 heterocycles. The minimum atomic E-state index is -4.98. The molecule has 6 aromatic carbocycles. The molecule has 2 aliphatic rings. The maximum atomic E-state index is 2.63. The second-order valence-electron chi connectivity index (χ2n) is 12.2. The summed E-state index contributed by atoms with van der Waals surface area (Å²) in [7, 11) is 0. The van der Waals surface area contributed by atoms with Gasteiger partial charge >= 0.3 is 263 Å². The monoisotopic (exact) mass is 656 g/mol. The van der Waals surface area contributed by atoms with Crippen molar-refractivity contribution in [3.8, 4) is 0 Å². The Hall–Kier alpha value is -4.10. The van der Waals surface area contributed by atoms with Crippen molar-refractivity contribution in [3.63, 3.8) is 0 Å². The van der Waals surface area contributed by atoms with E-state index in [1.165, 1.54) is 32.6 Å². The van der Waals surface area contributed by atoms with E-state index in [0.29, 0.717) is 0 Å². The van der Waals surface area contributed by atoms with Crippen LogP contribution < -0.4 is 16.9 Å². The zero-order chi connectivity index (χ0) is 29.4. The molecule has 0 nitrogen and oxygen atoms in total. The first-order valence-electron chi connectivity index (χ1n) is 15.6. The molecule has 44 heavy (non-hydrogen) atoms. The predicted octanol–water partition coefficient (Wildman–Crippen LogP) is 7.67. The molecule has 8 rings (SSSR count). The van der Waals surface area contributed by atoms with Crippen molar-refractivity contribution in [2.45, 2.75) is 7.25 Å². The molecular formula is C42H34SiZr. The van der Waals surface area contributed by atoms with E-state index >= 15 is 0 Å². The van der Waals surface area contributed by atoms with Crippen molar-refractivity contribution in [1.82, 2.24) is 0 Å². The summed E-state index contributed by atoms with van der Waals surface area (Å²) in [5.41, 5.74) is 4.19. The fourth-order valence-electron chi connectivity index (χ4n) is 8.82. The summed E-state index contributed by atoms with van der Waals surface area (Å²) in [6.45, 7) is 0. The van der Waals surface area contributed by atoms with E-state index in [-0.39, 0.29) is 7.25 Å². The first-order chi connectivity index (χ1) is 21.8. The summed E-state index contributed by atoms with van der Waals surface area (Å²) in [5, 5.41) is 3.00. The van der Waals surface area contributed by atoms with Crippen LogP contribution >= 0.6 is 0 Å². The van der Waals surface area contributed by atoms with Gasteiger partial charge in [0.2, 0.25) is 0 Å². The van der Waals surface area contributed by atoms with Crippen LogP contribution in [0.5, 0.6) is 0 Å². The summed E-state index contributed by atoms with van der Waals surface area (Å²) in [5.74, 6) is 0. The van der Waals surface area contributed by atoms with Gasteiger partial charge in [-0.2, -0.15) is 0 Å². The van der Waals surface area contributed by atoms with Gasteiger partial charge in [-0.05, 0) is 0 Å². The average Bonchev–Trinajstić information content (AvgIpc) is 3.75. The van der Waals surface area contributed by atoms with Gasteiger partial charge in [0.05, 0.1) is 0 Å². The van der Waals surface area contributed by atoms with Gasteiger partial charge in [0.1, 0.15) is 0 Å². The van der Waals surface area contributed by atoms with Crippen LogP contribution in [0.15, 0.2) is 182 Å². The summed E-state index contributed by atoms with van der Waals surface area (Å²) in [4.78, 5) is 0. The van der Waals surface area contributed by atoms with E-state index in [0.717, 1.165) is 0 Å². The van der Waals surface area contributed by atoms with Gasteiger partial charge < -0.3 is 0 Å². The van der Waals surface area contributed by atoms with E-state index in [4.69, 9.17) is 0 Å². The Kier molecular flexibility index (Phi) is 6.93. The van der Waals surface area contributed by atoms with E-state index in [9.17, 15) is 0 Å². The Labute approximate surface area is 261 Å². The van der Waals surface area contributed by atoms with Gasteiger partial charge in [-0.3, -0.25) is 0 Å². The Morgan fingerprint density at radius 3 is 1.11 bits per heavy atom. The molecule has 2 atom stereocenters. The molecule has 210 valence electrons. The van der Waals surface area contributed by atoms with Crippen LogP contribution in [0.3, 0.4) is 0 Å². The van der Waals surface area contributed by atoms with Crippen LogP contribution in [0.2, 0.25) is 0 Å². The minimum absolute atomic E-state index is 0.271. The molecule has 0 fully saturated rings. The third-order valence-corrected chi connectivity index (χ3v) is 49.1. The number of allylic oxidation sites excluding steroid dienone is 2. The summed E-state index contributed by atoms with van der Waals surface area (Å²) < 4.78 is 3.68. The zero-order valence-corrected chi connectivity index (χ0v) is 28.1. The SMILES string of the molecule is C1=C[CH]([Zr]([c]2ccccc2)([c]2ccccc2)([CH]2C=Cc3ccccc32)=[Si](c2ccccc2)c2ccccc2)c2ccccc21. The van der Waals surface area contributed by atoms with Crippen molar-refractivity contribution >= 4 is 34.5 Å². The van der Waals surface area contributed by atoms with E-state index in [1.807, 2.05) is 0 Å². The number of benzene rings is 6. The maximum absolute atomic E-state index is 4.98. The van der Waals surface area contributed by atoms with Crippen LogP contribution in [0.1, 0.15) is 29.5 Å². The van der Waals surface area contributed by atoms with Crippen molar-refractivity contribution in [2.75, 3.05) is 0 Å². The molecule has 6 aromatic rings. The summed E-state index contributed by atoms with van der Waals surface area (Å²) in [6.07, 6.45) is 10.1. The van der Waals surface area contributed by atoms with Crippen LogP contribution in [-0.4, -0.2) is 5.43 Å². The van der Waals surface area contributed by atoms with E-state index in [2.05, 4.69) is 194 Å². The van der Waals surface area contributed by atoms with Crippen LogP contribution in [-0.2, 0) is 17.4 Å². The Bertz CT molecular complexity index is 1940. The molecular weight excluding hydrogens is 624 g/mol. The van der Waals surface area contributed by atoms with Crippen LogP contribution in [0.25, 0.3) is 12.2 Å². The van der Waals surface area contributed by atoms with Gasteiger partial charge in [-0.25, -0.2) is 0 Å². The number of hydrogen-bond acceptors (Lipinski definition) is 0. The Balaban J connectivity index is 1.77. The fourth-order valence-corrected chi connectivity index (χ4v) is 54.8. The number of fused-ring (bicyclic) bond motifs is 2. The van der Waals surface area contributed by atoms with Gasteiger partial charge in [0.15, 0.2) is 0 Å². The van der Waals surface area contributed by atoms with Gasteiger partial charge in [-0.1, -0.05) is 0 Å². The topological polar surface area (TPSA) is 0 Å². The fraction of sp³-hybridized carbons (Fsp3) is 0.0476. The molecule has 0 radical (unpaired) electrons. The molecule has 0 amide bonds. The zero-order valence-electron chi connectivity index (χ0n) is 24.6. The summed E-state index contributed by atoms with van der Waals surface area (Å²) >= 11 is -4.98. The molecule has 0 spiro atoms. The molecule has 2 heteroatoms. The van der Waals surface area contributed by atoms with Crippen molar-refractivity contribution in [1.29, 1.82) is 0 Å². The van der Waals surface area contributed by atoms with Crippen molar-refractivity contribution < 1.29 is 17.4 Å². The van der Waals surface area contributed by atoms with E-state index in [1.54, 1.807) is 6.54 Å². The van der Waals surface area contributed by atoms with Gasteiger partial charge in [0, 0.05) is 0 Å². The third kappa shape index (κ3) is 3.84. The molecule has 0 saturated carbocycles. The Morgan fingerprint density at radius 2 is 0.705 bits per heavy atom. The second-order valence-corrected chi connectivity index (χ2v) is 37.0. The first-order valence-corrected chi connectivity index (χ1v) is 26.1. The van der Waals surface area contributed by atoms with Crippen molar-refractivity contribution in [2.24, 2.45) is 0 Å². The molecule has 0 aromatic heterocycles. The van der Waals surface area contributed by atoms with Crippen LogP contribution in [0.4, 0.5) is 0 Å². The molecule has 0 saturated heterocycles. The third-order valence-electron chi connectivity index (χ3n) is 10.3. The molecule has 2 aliphatic carbocycles. The number of rotatable bonds is 6. The van der Waals surface area contributed by atoms with Crippen LogP contribution in [0, 0.1) is 0 Å². The Morgan fingerprint density at radius 1 is 0.364 bits per heavy atom. The quantitative estimate of drug-likeness (QED) is 0.161. The molecule has 0 bridgehead atoms. The average molecular weight is 658 g/mol. The molecule has 0 N–H and O–H groups in total. The van der Waals surface area contributed by atoms with Gasteiger partial charge in [-0.15, -0.1) is 0 Å². The van der Waals surface area contributed by atoms with Crippen molar-refractivity contribution in [3.05, 3.63) is 204 Å². The number of hydrogen-bond donors (Lipinski definition) is 0. The molecule has 2 unspecified atom stereocenters. The van der Waals surface area contributed by atoms with E-state index < -0.39 is 22.8 Å². The van der Waals surface area contributed by atoms with Gasteiger partial charge in [0.25, 0.3) is 0 Å². The normalized spacial score (nSPS) is 16.8. The first kappa shape index (κ1) is 27.4. The second kappa shape index (κ2) is 11.1. The standard InChI is InChI=1S/C12H10Si.2C9H7.2C6H5.Zr/c1-3-7-11(8-4-1)13-12-9-5-2-6-10-12;2*1-2-5-9-7-3-6-8(9)4-1;2*1-2-4-6-5-3-1;/h1-10H;2*1-7H;2*1-5H;. The molecule has 0 aliphatic heterocycles. The predicted molar refractivity (Wildman–Crippen MR) is 186 cm³/mol.